The van der Waals surface area contributed by atoms with E-state index in [-0.39, 0.29) is 17.4 Å². The lowest BCUT2D eigenvalue weighted by Crippen LogP contribution is -2.65. The van der Waals surface area contributed by atoms with Gasteiger partial charge in [0.2, 0.25) is 5.79 Å². The summed E-state index contributed by atoms with van der Waals surface area (Å²) in [4.78, 5) is 23.9. The molecule has 7 nitrogen and oxygen atoms in total. The number of hydrogen-bond donors (Lipinski definition) is 1. The van der Waals surface area contributed by atoms with Crippen molar-refractivity contribution in [3.05, 3.63) is 11.8 Å². The number of carbonyl (C=O) groups is 2. The summed E-state index contributed by atoms with van der Waals surface area (Å²) in [5.41, 5.74) is -0.412. The van der Waals surface area contributed by atoms with Crippen molar-refractivity contribution in [3.63, 3.8) is 0 Å². The minimum Gasteiger partial charge on any atom is -0.444 e. The fraction of sp³-hybridized carbons (Fsp3) is 0.714. The standard InChI is InChI=1S/C14H21NO6/c1-13(2,3)21-12(17)15-10-6-9(16)11-8(7-20-11)14(10,18-4)19-5/h6,8,11H,7H2,1-5H3,(H,15,17). The summed E-state index contributed by atoms with van der Waals surface area (Å²) in [7, 11) is 2.92. The molecule has 0 spiro atoms. The molecular formula is C14H21NO6. The smallest absolute Gasteiger partial charge is 0.412 e. The monoisotopic (exact) mass is 299 g/mol. The van der Waals surface area contributed by atoms with Crippen molar-refractivity contribution in [2.24, 2.45) is 5.92 Å². The van der Waals surface area contributed by atoms with Gasteiger partial charge in [0.1, 0.15) is 11.7 Å². The van der Waals surface area contributed by atoms with Crippen LogP contribution in [0, 0.1) is 5.92 Å². The highest BCUT2D eigenvalue weighted by Gasteiger charge is 2.58. The summed E-state index contributed by atoms with van der Waals surface area (Å²) < 4.78 is 21.4. The molecule has 7 heteroatoms. The molecule has 2 unspecified atom stereocenters. The molecule has 1 N–H and O–H groups in total. The summed E-state index contributed by atoms with van der Waals surface area (Å²) in [6.45, 7) is 5.58. The first-order chi connectivity index (χ1) is 9.73. The lowest BCUT2D eigenvalue weighted by molar-refractivity contribution is -0.286. The van der Waals surface area contributed by atoms with Crippen molar-refractivity contribution in [3.8, 4) is 0 Å². The van der Waals surface area contributed by atoms with Crippen molar-refractivity contribution in [1.29, 1.82) is 0 Å². The third-order valence-corrected chi connectivity index (χ3v) is 3.49. The number of ether oxygens (including phenoxy) is 4. The number of carbonyl (C=O) groups excluding carboxylic acids is 2. The van der Waals surface area contributed by atoms with Gasteiger partial charge in [0.05, 0.1) is 18.2 Å². The molecule has 1 aliphatic heterocycles. The molecule has 2 atom stereocenters. The van der Waals surface area contributed by atoms with Gasteiger partial charge in [-0.15, -0.1) is 0 Å². The molecule has 21 heavy (non-hydrogen) atoms. The number of rotatable bonds is 3. The van der Waals surface area contributed by atoms with E-state index >= 15 is 0 Å². The van der Waals surface area contributed by atoms with Crippen molar-refractivity contribution >= 4 is 11.9 Å². The van der Waals surface area contributed by atoms with Crippen LogP contribution in [-0.2, 0) is 23.7 Å². The zero-order valence-electron chi connectivity index (χ0n) is 12.9. The van der Waals surface area contributed by atoms with E-state index in [4.69, 9.17) is 18.9 Å². The van der Waals surface area contributed by atoms with Crippen molar-refractivity contribution in [2.75, 3.05) is 20.8 Å². The first kappa shape index (κ1) is 15.9. The summed E-state index contributed by atoms with van der Waals surface area (Å²) in [6.07, 6.45) is 0.0184. The molecule has 2 aliphatic rings. The number of fused-ring (bicyclic) bond motifs is 1. The van der Waals surface area contributed by atoms with Crippen LogP contribution in [0.25, 0.3) is 0 Å². The van der Waals surface area contributed by atoms with Gasteiger partial charge >= 0.3 is 6.09 Å². The minimum atomic E-state index is -1.21. The molecule has 1 heterocycles. The minimum absolute atomic E-state index is 0.220. The van der Waals surface area contributed by atoms with Crippen LogP contribution in [0.15, 0.2) is 11.8 Å². The van der Waals surface area contributed by atoms with E-state index in [1.165, 1.54) is 20.3 Å². The van der Waals surface area contributed by atoms with Gasteiger partial charge in [-0.25, -0.2) is 4.79 Å². The van der Waals surface area contributed by atoms with E-state index in [1.807, 2.05) is 0 Å². The molecular weight excluding hydrogens is 278 g/mol. The molecule has 1 amide bonds. The highest BCUT2D eigenvalue weighted by atomic mass is 16.7. The second kappa shape index (κ2) is 5.40. The SMILES string of the molecule is COC1(OC)C(NC(=O)OC(C)(C)C)=CC(=O)C2OCC21. The number of methoxy groups -OCH3 is 2. The molecule has 0 bridgehead atoms. The van der Waals surface area contributed by atoms with Gasteiger partial charge < -0.3 is 18.9 Å². The van der Waals surface area contributed by atoms with E-state index in [1.54, 1.807) is 20.8 Å². The summed E-state index contributed by atoms with van der Waals surface area (Å²) in [6, 6.07) is 0. The normalized spacial score (nSPS) is 27.3. The Labute approximate surface area is 123 Å². The maximum absolute atomic E-state index is 11.9. The Bertz CT molecular complexity index is 474. The largest absolute Gasteiger partial charge is 0.444 e. The Morgan fingerprint density at radius 1 is 1.38 bits per heavy atom. The summed E-state index contributed by atoms with van der Waals surface area (Å²) in [5, 5.41) is 2.56. The van der Waals surface area contributed by atoms with Gasteiger partial charge in [0.15, 0.2) is 5.78 Å². The summed E-state index contributed by atoms with van der Waals surface area (Å²) >= 11 is 0. The molecule has 0 aromatic heterocycles. The zero-order valence-corrected chi connectivity index (χ0v) is 12.9. The summed E-state index contributed by atoms with van der Waals surface area (Å²) in [5.74, 6) is -1.73. The van der Waals surface area contributed by atoms with Crippen LogP contribution in [0.5, 0.6) is 0 Å². The Kier molecular flexibility index (Phi) is 4.10. The average molecular weight is 299 g/mol. The number of hydrogen-bond acceptors (Lipinski definition) is 6. The van der Waals surface area contributed by atoms with E-state index in [2.05, 4.69) is 5.32 Å². The lowest BCUT2D eigenvalue weighted by Gasteiger charge is -2.50. The van der Waals surface area contributed by atoms with E-state index < -0.39 is 23.6 Å². The van der Waals surface area contributed by atoms with E-state index in [9.17, 15) is 9.59 Å². The maximum atomic E-state index is 11.9. The molecule has 0 aromatic rings. The van der Waals surface area contributed by atoms with Crippen LogP contribution >= 0.6 is 0 Å². The fourth-order valence-corrected chi connectivity index (χ4v) is 2.55. The maximum Gasteiger partial charge on any atom is 0.412 e. The van der Waals surface area contributed by atoms with Crippen LogP contribution in [0.2, 0.25) is 0 Å². The fourth-order valence-electron chi connectivity index (χ4n) is 2.55. The van der Waals surface area contributed by atoms with Crippen LogP contribution < -0.4 is 5.32 Å². The van der Waals surface area contributed by atoms with Gasteiger partial charge in [-0.1, -0.05) is 0 Å². The quantitative estimate of drug-likeness (QED) is 0.782. The first-order valence-electron chi connectivity index (χ1n) is 6.71. The van der Waals surface area contributed by atoms with Gasteiger partial charge in [-0.3, -0.25) is 10.1 Å². The van der Waals surface area contributed by atoms with E-state index in [0.717, 1.165) is 0 Å². The second-order valence-corrected chi connectivity index (χ2v) is 6.02. The van der Waals surface area contributed by atoms with Crippen LogP contribution in [0.1, 0.15) is 20.8 Å². The Morgan fingerprint density at radius 3 is 2.43 bits per heavy atom. The number of nitrogens with one attached hydrogen (secondary N) is 1. The molecule has 0 saturated carbocycles. The molecule has 0 aromatic carbocycles. The molecule has 118 valence electrons. The molecule has 1 fully saturated rings. The third-order valence-electron chi connectivity index (χ3n) is 3.49. The average Bonchev–Trinajstić information content (AvgIpc) is 2.29. The highest BCUT2D eigenvalue weighted by Crippen LogP contribution is 2.42. The Morgan fingerprint density at radius 2 is 2.00 bits per heavy atom. The number of ketones is 1. The Hall–Kier alpha value is -1.44. The number of amides is 1. The predicted molar refractivity (Wildman–Crippen MR) is 72.4 cm³/mol. The molecule has 1 aliphatic carbocycles. The van der Waals surface area contributed by atoms with Crippen LogP contribution in [0.3, 0.4) is 0 Å². The van der Waals surface area contributed by atoms with Crippen molar-refractivity contribution < 1.29 is 28.5 Å². The highest BCUT2D eigenvalue weighted by molar-refractivity contribution is 5.97. The Balaban J connectivity index is 2.24. The zero-order chi connectivity index (χ0) is 15.8. The number of alkyl carbamates (subject to hydrolysis) is 1. The van der Waals surface area contributed by atoms with Gasteiger partial charge in [-0.05, 0) is 20.8 Å². The third kappa shape index (κ3) is 2.81. The van der Waals surface area contributed by atoms with Crippen LogP contribution in [0.4, 0.5) is 4.79 Å². The van der Waals surface area contributed by atoms with Gasteiger partial charge in [-0.2, -0.15) is 0 Å². The topological polar surface area (TPSA) is 83.1 Å². The molecule has 2 rings (SSSR count). The van der Waals surface area contributed by atoms with E-state index in [0.29, 0.717) is 6.61 Å². The van der Waals surface area contributed by atoms with Crippen molar-refractivity contribution in [1.82, 2.24) is 5.32 Å². The second-order valence-electron chi connectivity index (χ2n) is 6.02. The van der Waals surface area contributed by atoms with Crippen LogP contribution in [-0.4, -0.2) is 50.2 Å². The molecule has 0 radical (unpaired) electrons. The molecule has 1 saturated heterocycles. The van der Waals surface area contributed by atoms with Gasteiger partial charge in [0, 0.05) is 20.3 Å². The lowest BCUT2D eigenvalue weighted by atomic mass is 9.79. The predicted octanol–water partition coefficient (Wildman–Crippen LogP) is 0.982. The van der Waals surface area contributed by atoms with Gasteiger partial charge in [0.25, 0.3) is 0 Å². The first-order valence-corrected chi connectivity index (χ1v) is 6.71. The van der Waals surface area contributed by atoms with Crippen molar-refractivity contribution in [2.45, 2.75) is 38.3 Å².